The van der Waals surface area contributed by atoms with E-state index in [-0.39, 0.29) is 29.1 Å². The molecule has 21 heavy (non-hydrogen) atoms. The van der Waals surface area contributed by atoms with Crippen molar-refractivity contribution in [2.75, 3.05) is 12.9 Å². The molecule has 0 aliphatic rings. The summed E-state index contributed by atoms with van der Waals surface area (Å²) in [7, 11) is -3.20. The maximum atomic E-state index is 11.8. The predicted octanol–water partition coefficient (Wildman–Crippen LogP) is 2.08. The van der Waals surface area contributed by atoms with Crippen LogP contribution in [-0.2, 0) is 19.4 Å². The molecule has 0 saturated heterocycles. The molecule has 1 atom stereocenters. The average molecular weight is 313 g/mol. The zero-order valence-corrected chi connectivity index (χ0v) is 14.0. The van der Waals surface area contributed by atoms with Gasteiger partial charge in [-0.1, -0.05) is 12.1 Å². The van der Waals surface area contributed by atoms with Crippen LogP contribution in [0.15, 0.2) is 29.2 Å². The Balaban J connectivity index is 2.64. The Morgan fingerprint density at radius 1 is 1.24 bits per heavy atom. The summed E-state index contributed by atoms with van der Waals surface area (Å²) < 4.78 is 28.2. The Labute approximate surface area is 126 Å². The molecule has 0 spiro atoms. The average Bonchev–Trinajstić information content (AvgIpc) is 2.34. The summed E-state index contributed by atoms with van der Waals surface area (Å²) >= 11 is 0. The molecule has 0 heterocycles. The second-order valence-electron chi connectivity index (χ2n) is 6.03. The molecule has 5 nitrogen and oxygen atoms in total. The lowest BCUT2D eigenvalue weighted by atomic mass is 10.1. The van der Waals surface area contributed by atoms with Gasteiger partial charge < -0.3 is 10.1 Å². The normalized spacial score (nSPS) is 13.8. The zero-order valence-electron chi connectivity index (χ0n) is 13.1. The summed E-state index contributed by atoms with van der Waals surface area (Å²) in [6.07, 6.45) is 1.16. The first kappa shape index (κ1) is 17.7. The molecule has 0 aromatic heterocycles. The van der Waals surface area contributed by atoms with E-state index in [4.69, 9.17) is 4.74 Å². The fourth-order valence-electron chi connectivity index (χ4n) is 1.65. The van der Waals surface area contributed by atoms with E-state index in [9.17, 15) is 13.2 Å². The van der Waals surface area contributed by atoms with Gasteiger partial charge in [-0.15, -0.1) is 0 Å². The molecule has 118 valence electrons. The van der Waals surface area contributed by atoms with Crippen LogP contribution in [0.5, 0.6) is 0 Å². The van der Waals surface area contributed by atoms with Crippen LogP contribution >= 0.6 is 0 Å². The predicted molar refractivity (Wildman–Crippen MR) is 81.8 cm³/mol. The summed E-state index contributed by atoms with van der Waals surface area (Å²) in [5, 5.41) is 2.81. The van der Waals surface area contributed by atoms with Crippen LogP contribution in [0, 0.1) is 0 Å². The van der Waals surface area contributed by atoms with Gasteiger partial charge in [0.25, 0.3) is 0 Å². The minimum atomic E-state index is -3.20. The number of sulfone groups is 1. The van der Waals surface area contributed by atoms with Crippen LogP contribution in [0.4, 0.5) is 0 Å². The molecule has 1 aromatic rings. The highest BCUT2D eigenvalue weighted by Crippen LogP contribution is 2.16. The van der Waals surface area contributed by atoms with E-state index in [2.05, 4.69) is 5.32 Å². The smallest absolute Gasteiger partial charge is 0.246 e. The summed E-state index contributed by atoms with van der Waals surface area (Å²) in [6, 6.07) is 6.27. The minimum absolute atomic E-state index is 0.00470. The highest BCUT2D eigenvalue weighted by atomic mass is 32.2. The number of hydrogen-bond donors (Lipinski definition) is 1. The first-order chi connectivity index (χ1) is 9.49. The van der Waals surface area contributed by atoms with Gasteiger partial charge in [-0.3, -0.25) is 4.79 Å². The van der Waals surface area contributed by atoms with Gasteiger partial charge >= 0.3 is 0 Å². The fourth-order valence-corrected chi connectivity index (χ4v) is 2.28. The lowest BCUT2D eigenvalue weighted by Gasteiger charge is -2.20. The van der Waals surface area contributed by atoms with E-state index in [1.807, 2.05) is 27.7 Å². The van der Waals surface area contributed by atoms with E-state index in [0.29, 0.717) is 0 Å². The maximum absolute atomic E-state index is 11.8. The molecule has 1 unspecified atom stereocenters. The molecule has 1 rings (SSSR count). The van der Waals surface area contributed by atoms with Crippen molar-refractivity contribution in [1.29, 1.82) is 0 Å². The Morgan fingerprint density at radius 2 is 1.76 bits per heavy atom. The van der Waals surface area contributed by atoms with Gasteiger partial charge in [0.2, 0.25) is 5.91 Å². The van der Waals surface area contributed by atoms with E-state index in [1.54, 1.807) is 24.3 Å². The molecule has 0 radical (unpaired) electrons. The van der Waals surface area contributed by atoms with Crippen molar-refractivity contribution >= 4 is 15.7 Å². The number of ether oxygens (including phenoxy) is 1. The summed E-state index contributed by atoms with van der Waals surface area (Å²) in [6.45, 7) is 7.48. The van der Waals surface area contributed by atoms with E-state index >= 15 is 0 Å². The fraction of sp³-hybridized carbons (Fsp3) is 0.533. The number of benzene rings is 1. The first-order valence-corrected chi connectivity index (χ1v) is 8.61. The number of rotatable bonds is 5. The molecule has 0 aliphatic carbocycles. The van der Waals surface area contributed by atoms with Crippen molar-refractivity contribution in [2.24, 2.45) is 0 Å². The number of amides is 1. The Kier molecular flexibility index (Phi) is 5.53. The Bertz CT molecular complexity index is 585. The van der Waals surface area contributed by atoms with Crippen LogP contribution in [0.25, 0.3) is 0 Å². The van der Waals surface area contributed by atoms with E-state index in [1.165, 1.54) is 0 Å². The second-order valence-corrected chi connectivity index (χ2v) is 8.05. The number of carbonyl (C=O) groups excluding carboxylic acids is 1. The third kappa shape index (κ3) is 6.27. The standard InChI is InChI=1S/C15H23NO4S/c1-11(16-14(17)10-20-15(2,3)4)12-6-8-13(9-7-12)21(5,18)19/h6-9,11H,10H2,1-5H3,(H,16,17). The molecule has 1 N–H and O–H groups in total. The second kappa shape index (κ2) is 6.58. The van der Waals surface area contributed by atoms with Crippen molar-refractivity contribution in [3.8, 4) is 0 Å². The topological polar surface area (TPSA) is 72.5 Å². The third-order valence-electron chi connectivity index (χ3n) is 2.82. The van der Waals surface area contributed by atoms with Gasteiger partial charge in [-0.05, 0) is 45.4 Å². The maximum Gasteiger partial charge on any atom is 0.246 e. The Morgan fingerprint density at radius 3 is 2.19 bits per heavy atom. The number of hydrogen-bond acceptors (Lipinski definition) is 4. The SMILES string of the molecule is CC(NC(=O)COC(C)(C)C)c1ccc(S(C)(=O)=O)cc1. The highest BCUT2D eigenvalue weighted by molar-refractivity contribution is 7.90. The summed E-state index contributed by atoms with van der Waals surface area (Å²) in [5.41, 5.74) is 0.476. The Hall–Kier alpha value is -1.40. The molecular weight excluding hydrogens is 290 g/mol. The third-order valence-corrected chi connectivity index (χ3v) is 3.95. The highest BCUT2D eigenvalue weighted by Gasteiger charge is 2.15. The number of nitrogens with one attached hydrogen (secondary N) is 1. The van der Waals surface area contributed by atoms with Gasteiger partial charge in [-0.25, -0.2) is 8.42 Å². The molecule has 1 aromatic carbocycles. The molecule has 6 heteroatoms. The summed E-state index contributed by atoms with van der Waals surface area (Å²) in [5.74, 6) is -0.204. The lowest BCUT2D eigenvalue weighted by Crippen LogP contribution is -2.33. The van der Waals surface area contributed by atoms with Gasteiger partial charge in [-0.2, -0.15) is 0 Å². The lowest BCUT2D eigenvalue weighted by molar-refractivity contribution is -0.131. The zero-order chi connectivity index (χ0) is 16.3. The van der Waals surface area contributed by atoms with E-state index < -0.39 is 9.84 Å². The van der Waals surface area contributed by atoms with Crippen molar-refractivity contribution in [1.82, 2.24) is 5.32 Å². The van der Waals surface area contributed by atoms with E-state index in [0.717, 1.165) is 11.8 Å². The van der Waals surface area contributed by atoms with Crippen molar-refractivity contribution in [3.05, 3.63) is 29.8 Å². The molecular formula is C15H23NO4S. The van der Waals surface area contributed by atoms with Gasteiger partial charge in [0.15, 0.2) is 9.84 Å². The van der Waals surface area contributed by atoms with Crippen molar-refractivity contribution in [2.45, 2.75) is 44.2 Å². The van der Waals surface area contributed by atoms with Crippen LogP contribution in [0.1, 0.15) is 39.3 Å². The van der Waals surface area contributed by atoms with Gasteiger partial charge in [0.1, 0.15) is 6.61 Å². The molecule has 1 amide bonds. The van der Waals surface area contributed by atoms with Crippen molar-refractivity contribution in [3.63, 3.8) is 0 Å². The summed E-state index contributed by atoms with van der Waals surface area (Å²) in [4.78, 5) is 12.0. The largest absolute Gasteiger partial charge is 0.366 e. The van der Waals surface area contributed by atoms with Crippen LogP contribution in [0.3, 0.4) is 0 Å². The van der Waals surface area contributed by atoms with Gasteiger partial charge in [0.05, 0.1) is 16.5 Å². The van der Waals surface area contributed by atoms with Gasteiger partial charge in [0, 0.05) is 6.26 Å². The van der Waals surface area contributed by atoms with Crippen molar-refractivity contribution < 1.29 is 17.9 Å². The minimum Gasteiger partial charge on any atom is -0.366 e. The van der Waals surface area contributed by atoms with Crippen LogP contribution < -0.4 is 5.32 Å². The molecule has 0 fully saturated rings. The monoisotopic (exact) mass is 313 g/mol. The molecule has 0 bridgehead atoms. The molecule has 0 aliphatic heterocycles. The first-order valence-electron chi connectivity index (χ1n) is 6.72. The molecule has 0 saturated carbocycles. The van der Waals surface area contributed by atoms with Crippen LogP contribution in [-0.4, -0.2) is 32.8 Å². The quantitative estimate of drug-likeness (QED) is 0.903. The van der Waals surface area contributed by atoms with Crippen LogP contribution in [0.2, 0.25) is 0 Å². The number of carbonyl (C=O) groups is 1.